The van der Waals surface area contributed by atoms with Gasteiger partial charge in [0.05, 0.1) is 36.1 Å². The fourth-order valence-electron chi connectivity index (χ4n) is 4.11. The van der Waals surface area contributed by atoms with Crippen LogP contribution in [0, 0.1) is 0 Å². The molecule has 28 heavy (non-hydrogen) atoms. The van der Waals surface area contributed by atoms with Gasteiger partial charge in [0.15, 0.2) is 5.65 Å². The second-order valence-corrected chi connectivity index (χ2v) is 9.19. The maximum absolute atomic E-state index is 12.8. The summed E-state index contributed by atoms with van der Waals surface area (Å²) in [7, 11) is 0. The summed E-state index contributed by atoms with van der Waals surface area (Å²) in [5.74, 6) is -0.0410. The van der Waals surface area contributed by atoms with Gasteiger partial charge in [0.1, 0.15) is 0 Å². The number of carbonyl (C=O) groups is 1. The molecule has 1 aliphatic heterocycles. The van der Waals surface area contributed by atoms with Crippen molar-refractivity contribution in [1.82, 2.24) is 19.9 Å². The Hall–Kier alpha value is -1.95. The van der Waals surface area contributed by atoms with E-state index in [0.717, 1.165) is 42.5 Å². The smallest absolute Gasteiger partial charge is 0.254 e. The number of quaternary nitrogens is 1. The standard InChI is InChI=1S/C22H35N5O/c1-6-18-17(15-24-20-14-19(22(3,4)5)25-27(18)20)21(28)23-11-9-13-26-12-8-7-10-16(26)2/h14-16H,6-13H2,1-5H3,(H,23,28)/p+1/t16-/m0/s1. The van der Waals surface area contributed by atoms with Gasteiger partial charge in [-0.1, -0.05) is 27.7 Å². The van der Waals surface area contributed by atoms with Crippen LogP contribution in [0.15, 0.2) is 12.3 Å². The lowest BCUT2D eigenvalue weighted by Crippen LogP contribution is -3.16. The molecule has 3 rings (SSSR count). The SMILES string of the molecule is CCc1c(C(=O)NCCC[NH+]2CCCC[C@@H]2C)cnc2cc(C(C)(C)C)nn12. The highest BCUT2D eigenvalue weighted by Crippen LogP contribution is 2.23. The minimum Gasteiger partial charge on any atom is -0.352 e. The second kappa shape index (κ2) is 8.60. The van der Waals surface area contributed by atoms with Crippen molar-refractivity contribution in [2.45, 2.75) is 78.2 Å². The van der Waals surface area contributed by atoms with Crippen LogP contribution >= 0.6 is 0 Å². The minimum absolute atomic E-state index is 0.0410. The Morgan fingerprint density at radius 2 is 2.14 bits per heavy atom. The molecule has 1 unspecified atom stereocenters. The highest BCUT2D eigenvalue weighted by Gasteiger charge is 2.23. The van der Waals surface area contributed by atoms with E-state index in [4.69, 9.17) is 5.10 Å². The minimum atomic E-state index is -0.0466. The summed E-state index contributed by atoms with van der Waals surface area (Å²) in [6.07, 6.45) is 7.48. The molecule has 2 atom stereocenters. The van der Waals surface area contributed by atoms with Crippen LogP contribution in [0.5, 0.6) is 0 Å². The summed E-state index contributed by atoms with van der Waals surface area (Å²) in [5, 5.41) is 7.83. The van der Waals surface area contributed by atoms with Crippen molar-refractivity contribution < 1.29 is 9.69 Å². The molecule has 0 aromatic carbocycles. The Bertz CT molecular complexity index is 820. The van der Waals surface area contributed by atoms with Crippen molar-refractivity contribution in [3.63, 3.8) is 0 Å². The molecule has 1 aliphatic rings. The van der Waals surface area contributed by atoms with Crippen LogP contribution in [0.2, 0.25) is 0 Å². The number of piperidine rings is 1. The maximum atomic E-state index is 12.8. The number of fused-ring (bicyclic) bond motifs is 1. The highest BCUT2D eigenvalue weighted by atomic mass is 16.1. The van der Waals surface area contributed by atoms with E-state index in [2.05, 4.69) is 44.9 Å². The topological polar surface area (TPSA) is 63.7 Å². The number of likely N-dealkylation sites (tertiary alicyclic amines) is 1. The van der Waals surface area contributed by atoms with Gasteiger partial charge in [-0.3, -0.25) is 4.79 Å². The molecule has 2 aromatic rings. The molecular weight excluding hydrogens is 350 g/mol. The molecule has 0 radical (unpaired) electrons. The molecule has 2 N–H and O–H groups in total. The second-order valence-electron chi connectivity index (χ2n) is 9.19. The maximum Gasteiger partial charge on any atom is 0.254 e. The number of aryl methyl sites for hydroxylation is 1. The summed E-state index contributed by atoms with van der Waals surface area (Å²) in [6, 6.07) is 2.77. The Labute approximate surface area is 168 Å². The largest absolute Gasteiger partial charge is 0.352 e. The number of nitrogens with zero attached hydrogens (tertiary/aromatic N) is 3. The van der Waals surface area contributed by atoms with Crippen LogP contribution in [0.4, 0.5) is 0 Å². The fourth-order valence-corrected chi connectivity index (χ4v) is 4.11. The van der Waals surface area contributed by atoms with Gasteiger partial charge in [0, 0.05) is 30.6 Å². The van der Waals surface area contributed by atoms with Gasteiger partial charge in [-0.15, -0.1) is 0 Å². The first-order chi connectivity index (χ1) is 13.3. The van der Waals surface area contributed by atoms with Crippen LogP contribution in [-0.2, 0) is 11.8 Å². The van der Waals surface area contributed by atoms with E-state index in [1.165, 1.54) is 25.8 Å². The fraction of sp³-hybridized carbons (Fsp3) is 0.682. The lowest BCUT2D eigenvalue weighted by atomic mass is 9.93. The molecule has 0 bridgehead atoms. The van der Waals surface area contributed by atoms with Crippen molar-refractivity contribution in [2.24, 2.45) is 0 Å². The molecule has 0 aliphatic carbocycles. The van der Waals surface area contributed by atoms with E-state index in [0.29, 0.717) is 12.1 Å². The van der Waals surface area contributed by atoms with Gasteiger partial charge < -0.3 is 10.2 Å². The van der Waals surface area contributed by atoms with Gasteiger partial charge >= 0.3 is 0 Å². The Balaban J connectivity index is 1.65. The van der Waals surface area contributed by atoms with E-state index in [-0.39, 0.29) is 11.3 Å². The van der Waals surface area contributed by atoms with Gasteiger partial charge in [0.2, 0.25) is 0 Å². The molecule has 1 amide bonds. The van der Waals surface area contributed by atoms with Crippen LogP contribution in [0.1, 0.15) is 82.0 Å². The van der Waals surface area contributed by atoms with Crippen molar-refractivity contribution in [3.05, 3.63) is 29.2 Å². The average molecular weight is 387 g/mol. The number of amides is 1. The summed E-state index contributed by atoms with van der Waals surface area (Å²) in [6.45, 7) is 13.9. The van der Waals surface area contributed by atoms with Crippen molar-refractivity contribution in [3.8, 4) is 0 Å². The van der Waals surface area contributed by atoms with Crippen LogP contribution in [-0.4, -0.2) is 46.2 Å². The van der Waals surface area contributed by atoms with E-state index < -0.39 is 0 Å². The molecule has 3 heterocycles. The monoisotopic (exact) mass is 386 g/mol. The summed E-state index contributed by atoms with van der Waals surface area (Å²) < 4.78 is 1.84. The van der Waals surface area contributed by atoms with Crippen LogP contribution in [0.25, 0.3) is 5.65 Å². The third-order valence-electron chi connectivity index (χ3n) is 5.97. The first-order valence-corrected chi connectivity index (χ1v) is 10.8. The first kappa shape index (κ1) is 20.8. The van der Waals surface area contributed by atoms with Crippen LogP contribution < -0.4 is 10.2 Å². The molecule has 154 valence electrons. The van der Waals surface area contributed by atoms with Gasteiger partial charge in [0.25, 0.3) is 5.91 Å². The quantitative estimate of drug-likeness (QED) is 0.748. The summed E-state index contributed by atoms with van der Waals surface area (Å²) in [5.41, 5.74) is 3.31. The Morgan fingerprint density at radius 3 is 2.82 bits per heavy atom. The zero-order chi connectivity index (χ0) is 20.3. The molecule has 1 fully saturated rings. The number of hydrogen-bond acceptors (Lipinski definition) is 3. The van der Waals surface area contributed by atoms with Gasteiger partial charge in [-0.05, 0) is 32.6 Å². The van der Waals surface area contributed by atoms with Crippen LogP contribution in [0.3, 0.4) is 0 Å². The normalized spacial score (nSPS) is 20.5. The summed E-state index contributed by atoms with van der Waals surface area (Å²) >= 11 is 0. The predicted molar refractivity (Wildman–Crippen MR) is 112 cm³/mol. The van der Waals surface area contributed by atoms with E-state index >= 15 is 0 Å². The predicted octanol–water partition coefficient (Wildman–Crippen LogP) is 2.17. The molecule has 2 aromatic heterocycles. The summed E-state index contributed by atoms with van der Waals surface area (Å²) in [4.78, 5) is 19.0. The number of nitrogens with one attached hydrogen (secondary N) is 2. The van der Waals surface area contributed by atoms with Gasteiger partial charge in [-0.2, -0.15) is 5.10 Å². The average Bonchev–Trinajstić information content (AvgIpc) is 3.10. The Morgan fingerprint density at radius 1 is 1.36 bits per heavy atom. The van der Waals surface area contributed by atoms with Crippen molar-refractivity contribution >= 4 is 11.6 Å². The Kier molecular flexibility index (Phi) is 6.38. The van der Waals surface area contributed by atoms with E-state index in [1.807, 2.05) is 10.6 Å². The van der Waals surface area contributed by atoms with Crippen molar-refractivity contribution in [1.29, 1.82) is 0 Å². The third kappa shape index (κ3) is 4.54. The number of rotatable bonds is 6. The van der Waals surface area contributed by atoms with E-state index in [1.54, 1.807) is 11.1 Å². The lowest BCUT2D eigenvalue weighted by Gasteiger charge is -2.30. The molecule has 0 spiro atoms. The van der Waals surface area contributed by atoms with Crippen molar-refractivity contribution in [2.75, 3.05) is 19.6 Å². The molecule has 0 saturated carbocycles. The highest BCUT2D eigenvalue weighted by molar-refractivity contribution is 5.95. The number of hydrogen-bond donors (Lipinski definition) is 2. The molecule has 6 nitrogen and oxygen atoms in total. The number of aromatic nitrogens is 3. The first-order valence-electron chi connectivity index (χ1n) is 10.8. The zero-order valence-electron chi connectivity index (χ0n) is 18.1. The molecule has 1 saturated heterocycles. The third-order valence-corrected chi connectivity index (χ3v) is 5.97. The lowest BCUT2D eigenvalue weighted by molar-refractivity contribution is -0.928. The molecule has 6 heteroatoms. The number of carbonyl (C=O) groups excluding carboxylic acids is 1. The molecular formula is C22H36N5O+. The van der Waals surface area contributed by atoms with E-state index in [9.17, 15) is 4.79 Å². The van der Waals surface area contributed by atoms with Gasteiger partial charge in [-0.25, -0.2) is 9.50 Å². The zero-order valence-corrected chi connectivity index (χ0v) is 18.1.